The van der Waals surface area contributed by atoms with E-state index in [2.05, 4.69) is 19.0 Å². The minimum absolute atomic E-state index is 0.992. The summed E-state index contributed by atoms with van der Waals surface area (Å²) in [6.07, 6.45) is 24.9. The van der Waals surface area contributed by atoms with Crippen LogP contribution in [0.3, 0.4) is 0 Å². The van der Waals surface area contributed by atoms with Crippen LogP contribution in [0.15, 0.2) is 0 Å². The molecular formula is C20H38O. The Hall–Kier alpha value is -0.640. The van der Waals surface area contributed by atoms with Crippen molar-refractivity contribution in [2.45, 2.75) is 110 Å². The lowest BCUT2D eigenvalue weighted by molar-refractivity contribution is 0.371. The Morgan fingerprint density at radius 1 is 0.571 bits per heavy atom. The molecule has 0 aliphatic carbocycles. The van der Waals surface area contributed by atoms with Gasteiger partial charge in [0.25, 0.3) is 0 Å². The van der Waals surface area contributed by atoms with Crippen molar-refractivity contribution in [2.75, 3.05) is 7.11 Å². The van der Waals surface area contributed by atoms with E-state index in [1.807, 2.05) is 0 Å². The molecule has 0 radical (unpaired) electrons. The highest BCUT2D eigenvalue weighted by molar-refractivity contribution is 4.90. The zero-order valence-corrected chi connectivity index (χ0v) is 14.7. The second kappa shape index (κ2) is 19.4. The molecule has 1 heteroatoms. The van der Waals surface area contributed by atoms with Gasteiger partial charge in [0.05, 0.1) is 7.11 Å². The molecule has 21 heavy (non-hydrogen) atoms. The van der Waals surface area contributed by atoms with Gasteiger partial charge in [0.1, 0.15) is 6.11 Å². The van der Waals surface area contributed by atoms with Gasteiger partial charge in [0, 0.05) is 6.42 Å². The molecule has 0 aromatic carbocycles. The average Bonchev–Trinajstić information content (AvgIpc) is 2.50. The van der Waals surface area contributed by atoms with Gasteiger partial charge in [-0.3, -0.25) is 0 Å². The van der Waals surface area contributed by atoms with E-state index in [0.29, 0.717) is 0 Å². The van der Waals surface area contributed by atoms with Gasteiger partial charge in [-0.05, 0) is 6.42 Å². The second-order valence-electron chi connectivity index (χ2n) is 6.18. The van der Waals surface area contributed by atoms with Crippen LogP contribution in [-0.4, -0.2) is 7.11 Å². The SMILES string of the molecule is CCCCCCCCCCCCCCCCCC#COC. The summed E-state index contributed by atoms with van der Waals surface area (Å²) in [5.74, 6) is 3.01. The van der Waals surface area contributed by atoms with Gasteiger partial charge in [0.2, 0.25) is 0 Å². The normalized spacial score (nSPS) is 10.2. The number of rotatable bonds is 15. The van der Waals surface area contributed by atoms with Crippen LogP contribution in [0.2, 0.25) is 0 Å². The maximum atomic E-state index is 4.70. The average molecular weight is 295 g/mol. The lowest BCUT2D eigenvalue weighted by atomic mass is 10.0. The summed E-state index contributed by atoms with van der Waals surface area (Å²) in [5, 5.41) is 0. The Morgan fingerprint density at radius 3 is 1.33 bits per heavy atom. The first kappa shape index (κ1) is 20.4. The van der Waals surface area contributed by atoms with Gasteiger partial charge in [-0.1, -0.05) is 103 Å². The van der Waals surface area contributed by atoms with Gasteiger partial charge in [-0.2, -0.15) is 0 Å². The molecule has 0 fully saturated rings. The Kier molecular flexibility index (Phi) is 18.8. The van der Waals surface area contributed by atoms with Crippen molar-refractivity contribution in [3.8, 4) is 12.0 Å². The maximum Gasteiger partial charge on any atom is 0.109 e. The summed E-state index contributed by atoms with van der Waals surface area (Å²) in [4.78, 5) is 0. The molecule has 0 N–H and O–H groups in total. The van der Waals surface area contributed by atoms with Crippen molar-refractivity contribution in [3.63, 3.8) is 0 Å². The summed E-state index contributed by atoms with van der Waals surface area (Å²) < 4.78 is 4.70. The smallest absolute Gasteiger partial charge is 0.109 e. The summed E-state index contributed by atoms with van der Waals surface area (Å²) >= 11 is 0. The molecule has 0 rings (SSSR count). The first-order valence-electron chi connectivity index (χ1n) is 9.42. The van der Waals surface area contributed by atoms with E-state index in [1.54, 1.807) is 7.11 Å². The van der Waals surface area contributed by atoms with Gasteiger partial charge >= 0.3 is 0 Å². The van der Waals surface area contributed by atoms with Crippen LogP contribution in [0, 0.1) is 12.0 Å². The van der Waals surface area contributed by atoms with Crippen molar-refractivity contribution in [2.24, 2.45) is 0 Å². The molecule has 0 unspecified atom stereocenters. The third-order valence-electron chi connectivity index (χ3n) is 4.08. The van der Waals surface area contributed by atoms with Crippen LogP contribution in [0.1, 0.15) is 110 Å². The monoisotopic (exact) mass is 294 g/mol. The van der Waals surface area contributed by atoms with Gasteiger partial charge < -0.3 is 4.74 Å². The van der Waals surface area contributed by atoms with E-state index < -0.39 is 0 Å². The molecular weight excluding hydrogens is 256 g/mol. The molecule has 124 valence electrons. The first-order valence-corrected chi connectivity index (χ1v) is 9.42. The lowest BCUT2D eigenvalue weighted by Crippen LogP contribution is -1.83. The number of methoxy groups -OCH3 is 1. The van der Waals surface area contributed by atoms with Crippen LogP contribution in [0.5, 0.6) is 0 Å². The van der Waals surface area contributed by atoms with E-state index >= 15 is 0 Å². The minimum atomic E-state index is 0.992. The van der Waals surface area contributed by atoms with Crippen molar-refractivity contribution >= 4 is 0 Å². The highest BCUT2D eigenvalue weighted by Gasteiger charge is 1.94. The first-order chi connectivity index (χ1) is 10.4. The largest absolute Gasteiger partial charge is 0.450 e. The zero-order chi connectivity index (χ0) is 15.4. The molecule has 0 aromatic rings. The quantitative estimate of drug-likeness (QED) is 0.237. The minimum Gasteiger partial charge on any atom is -0.450 e. The Labute approximate surface area is 134 Å². The van der Waals surface area contributed by atoms with E-state index in [4.69, 9.17) is 4.74 Å². The molecule has 0 heterocycles. The van der Waals surface area contributed by atoms with Crippen LogP contribution in [0.25, 0.3) is 0 Å². The summed E-state index contributed by atoms with van der Waals surface area (Å²) in [5.41, 5.74) is 0. The van der Waals surface area contributed by atoms with Crippen molar-refractivity contribution in [1.82, 2.24) is 0 Å². The fraction of sp³-hybridized carbons (Fsp3) is 0.900. The predicted molar refractivity (Wildman–Crippen MR) is 94.3 cm³/mol. The number of ether oxygens (including phenoxy) is 1. The maximum absolute atomic E-state index is 4.70. The van der Waals surface area contributed by atoms with E-state index in [9.17, 15) is 0 Å². The molecule has 0 aromatic heterocycles. The predicted octanol–water partition coefficient (Wildman–Crippen LogP) is 6.86. The van der Waals surface area contributed by atoms with Crippen molar-refractivity contribution < 1.29 is 4.74 Å². The molecule has 0 saturated heterocycles. The summed E-state index contributed by atoms with van der Waals surface area (Å²) in [7, 11) is 1.62. The van der Waals surface area contributed by atoms with E-state index in [1.165, 1.54) is 96.3 Å². The molecule has 0 bridgehead atoms. The molecule has 0 aliphatic rings. The Bertz CT molecular complexity index is 236. The molecule has 0 aliphatic heterocycles. The van der Waals surface area contributed by atoms with Crippen molar-refractivity contribution in [3.05, 3.63) is 0 Å². The van der Waals surface area contributed by atoms with Gasteiger partial charge in [0.15, 0.2) is 0 Å². The summed E-state index contributed by atoms with van der Waals surface area (Å²) in [6.45, 7) is 2.29. The fourth-order valence-electron chi connectivity index (χ4n) is 2.71. The molecule has 0 atom stereocenters. The number of hydrogen-bond donors (Lipinski definition) is 0. The van der Waals surface area contributed by atoms with Crippen LogP contribution in [-0.2, 0) is 4.74 Å². The van der Waals surface area contributed by atoms with Crippen LogP contribution < -0.4 is 0 Å². The van der Waals surface area contributed by atoms with Crippen LogP contribution in [0.4, 0.5) is 0 Å². The molecule has 0 spiro atoms. The lowest BCUT2D eigenvalue weighted by Gasteiger charge is -2.03. The van der Waals surface area contributed by atoms with Crippen molar-refractivity contribution in [1.29, 1.82) is 0 Å². The highest BCUT2D eigenvalue weighted by atomic mass is 16.5. The Morgan fingerprint density at radius 2 is 0.952 bits per heavy atom. The Balaban J connectivity index is 2.96. The number of unbranched alkanes of at least 4 members (excludes halogenated alkanes) is 15. The van der Waals surface area contributed by atoms with Crippen LogP contribution >= 0.6 is 0 Å². The zero-order valence-electron chi connectivity index (χ0n) is 14.7. The van der Waals surface area contributed by atoms with E-state index in [0.717, 1.165) is 6.42 Å². The third kappa shape index (κ3) is 19.4. The topological polar surface area (TPSA) is 9.23 Å². The van der Waals surface area contributed by atoms with Gasteiger partial charge in [-0.15, -0.1) is 0 Å². The molecule has 0 amide bonds. The summed E-state index contributed by atoms with van der Waals surface area (Å²) in [6, 6.07) is 0. The highest BCUT2D eigenvalue weighted by Crippen LogP contribution is 2.13. The fourth-order valence-corrected chi connectivity index (χ4v) is 2.71. The molecule has 1 nitrogen and oxygen atoms in total. The van der Waals surface area contributed by atoms with E-state index in [-0.39, 0.29) is 0 Å². The third-order valence-corrected chi connectivity index (χ3v) is 4.08. The standard InChI is InChI=1S/C20H38O/c1-3-4-5-6-7-8-9-10-11-12-13-14-15-16-17-18-19-20-21-2/h3-18H2,1-2H3. The van der Waals surface area contributed by atoms with Gasteiger partial charge in [-0.25, -0.2) is 0 Å². The number of hydrogen-bond acceptors (Lipinski definition) is 1. The molecule has 0 saturated carbocycles. The second-order valence-corrected chi connectivity index (χ2v) is 6.18.